The molecule has 1 aliphatic heterocycles. The summed E-state index contributed by atoms with van der Waals surface area (Å²) in [6.45, 7) is 5.12. The van der Waals surface area contributed by atoms with Crippen molar-refractivity contribution < 1.29 is 31.8 Å². The summed E-state index contributed by atoms with van der Waals surface area (Å²) in [5.41, 5.74) is 4.01. The smallest absolute Gasteiger partial charge is 0.374 e. The summed E-state index contributed by atoms with van der Waals surface area (Å²) in [6.07, 6.45) is -3.87. The molecule has 40 heavy (non-hydrogen) atoms. The van der Waals surface area contributed by atoms with Crippen molar-refractivity contribution in [3.63, 3.8) is 0 Å². The first kappa shape index (κ1) is 29.0. The number of anilines is 1. The summed E-state index contributed by atoms with van der Waals surface area (Å²) in [5, 5.41) is 3.80. The van der Waals surface area contributed by atoms with Crippen molar-refractivity contribution >= 4 is 34.0 Å². The molecule has 4 rings (SSSR count). The number of benzene rings is 3. The second kappa shape index (κ2) is 10.9. The molecule has 0 radical (unpaired) electrons. The highest BCUT2D eigenvalue weighted by Gasteiger charge is 2.62. The Labute approximate surface area is 232 Å². The van der Waals surface area contributed by atoms with Gasteiger partial charge in [0.1, 0.15) is 0 Å². The predicted octanol–water partition coefficient (Wildman–Crippen LogP) is 5.47. The summed E-state index contributed by atoms with van der Waals surface area (Å²) in [6, 6.07) is 16.1. The molecule has 2 N–H and O–H groups in total. The second-order valence-corrected chi connectivity index (χ2v) is 11.2. The number of carbonyl (C=O) groups excluding carboxylic acids is 2. The van der Waals surface area contributed by atoms with E-state index in [2.05, 4.69) is 5.16 Å². The summed E-state index contributed by atoms with van der Waals surface area (Å²) in [5.74, 6) is -1.27. The lowest BCUT2D eigenvalue weighted by Crippen LogP contribution is -2.43. The third-order valence-corrected chi connectivity index (χ3v) is 7.72. The minimum atomic E-state index is -4.81. The number of hydrogen-bond acceptors (Lipinski definition) is 5. The van der Waals surface area contributed by atoms with Gasteiger partial charge in [-0.3, -0.25) is 13.8 Å². The number of alkyl halides is 3. The largest absolute Gasteiger partial charge is 0.435 e. The van der Waals surface area contributed by atoms with Gasteiger partial charge in [-0.15, -0.1) is 0 Å². The number of rotatable bonds is 7. The van der Waals surface area contributed by atoms with E-state index in [-0.39, 0.29) is 22.4 Å². The standard InChI is InChI=1S/C29H28F3N3O4S/c1-17(2)35(27(37)23-8-6-5-7-22(23)26(33)36)25-14-11-20(15-18(25)3)28(29(30,31)32)16-24(34-39-28)19-9-12-21(13-10-19)40(4)38/h5-15,17H,16H2,1-4H3,(H2,33,36). The molecular formula is C29H28F3N3O4S. The zero-order chi connectivity index (χ0) is 29.4. The van der Waals surface area contributed by atoms with Crippen LogP contribution >= 0.6 is 0 Å². The Morgan fingerprint density at radius 2 is 1.68 bits per heavy atom. The SMILES string of the molecule is Cc1cc(C2(C(F)(F)F)CC(c3ccc(S(C)=O)cc3)=NO2)ccc1N(C(=O)c1ccccc1C(N)=O)C(C)C. The van der Waals surface area contributed by atoms with Gasteiger partial charge in [0, 0.05) is 45.7 Å². The molecule has 7 nitrogen and oxygen atoms in total. The fraction of sp³-hybridized carbons (Fsp3) is 0.276. The Morgan fingerprint density at radius 3 is 2.20 bits per heavy atom. The van der Waals surface area contributed by atoms with Gasteiger partial charge in [0.25, 0.3) is 11.5 Å². The van der Waals surface area contributed by atoms with Gasteiger partial charge in [-0.2, -0.15) is 13.2 Å². The molecule has 2 atom stereocenters. The van der Waals surface area contributed by atoms with Crippen molar-refractivity contribution in [3.05, 3.63) is 94.5 Å². The molecule has 210 valence electrons. The average Bonchev–Trinajstić information content (AvgIpc) is 3.37. The van der Waals surface area contributed by atoms with E-state index in [1.807, 2.05) is 0 Å². The van der Waals surface area contributed by atoms with Crippen LogP contribution in [-0.2, 0) is 21.2 Å². The monoisotopic (exact) mass is 571 g/mol. The van der Waals surface area contributed by atoms with Crippen LogP contribution in [0.25, 0.3) is 0 Å². The molecule has 1 aliphatic rings. The zero-order valence-corrected chi connectivity index (χ0v) is 23.1. The highest BCUT2D eigenvalue weighted by atomic mass is 32.2. The zero-order valence-electron chi connectivity index (χ0n) is 22.3. The summed E-state index contributed by atoms with van der Waals surface area (Å²) in [4.78, 5) is 32.6. The Morgan fingerprint density at radius 1 is 1.05 bits per heavy atom. The van der Waals surface area contributed by atoms with Gasteiger partial charge in [-0.05, 0) is 68.3 Å². The van der Waals surface area contributed by atoms with Crippen LogP contribution in [0.5, 0.6) is 0 Å². The van der Waals surface area contributed by atoms with E-state index in [1.165, 1.54) is 41.5 Å². The molecular weight excluding hydrogens is 543 g/mol. The van der Waals surface area contributed by atoms with E-state index >= 15 is 0 Å². The van der Waals surface area contributed by atoms with Crippen LogP contribution in [0.4, 0.5) is 18.9 Å². The summed E-state index contributed by atoms with van der Waals surface area (Å²) >= 11 is 0. The third-order valence-electron chi connectivity index (χ3n) is 6.79. The van der Waals surface area contributed by atoms with Crippen molar-refractivity contribution in [1.29, 1.82) is 0 Å². The molecule has 2 unspecified atom stereocenters. The molecule has 0 saturated heterocycles. The maximum Gasteiger partial charge on any atom is 0.435 e. The van der Waals surface area contributed by atoms with Crippen LogP contribution in [-0.4, -0.2) is 40.2 Å². The molecule has 3 aromatic carbocycles. The average molecular weight is 572 g/mol. The van der Waals surface area contributed by atoms with Gasteiger partial charge < -0.3 is 15.5 Å². The Kier molecular flexibility index (Phi) is 7.89. The highest BCUT2D eigenvalue weighted by molar-refractivity contribution is 7.84. The van der Waals surface area contributed by atoms with Crippen LogP contribution in [0.2, 0.25) is 0 Å². The molecule has 0 bridgehead atoms. The van der Waals surface area contributed by atoms with E-state index in [0.717, 1.165) is 0 Å². The second-order valence-electron chi connectivity index (χ2n) is 9.79. The molecule has 11 heteroatoms. The first-order valence-electron chi connectivity index (χ1n) is 12.4. The van der Waals surface area contributed by atoms with Crippen LogP contribution < -0.4 is 10.6 Å². The van der Waals surface area contributed by atoms with Crippen molar-refractivity contribution in [2.45, 2.75) is 49.9 Å². The number of nitrogens with two attached hydrogens (primary N) is 1. The summed E-state index contributed by atoms with van der Waals surface area (Å²) in [7, 11) is -1.23. The lowest BCUT2D eigenvalue weighted by molar-refractivity contribution is -0.275. The molecule has 0 fully saturated rings. The number of primary amides is 1. The Hall–Kier alpha value is -3.99. The van der Waals surface area contributed by atoms with Crippen molar-refractivity contribution in [3.8, 4) is 0 Å². The lowest BCUT2D eigenvalue weighted by atomic mass is 9.85. The van der Waals surface area contributed by atoms with Crippen molar-refractivity contribution in [1.82, 2.24) is 0 Å². The number of oxime groups is 1. The molecule has 0 aliphatic carbocycles. The predicted molar refractivity (Wildman–Crippen MR) is 147 cm³/mol. The van der Waals surface area contributed by atoms with E-state index in [1.54, 1.807) is 57.2 Å². The maximum absolute atomic E-state index is 14.6. The minimum Gasteiger partial charge on any atom is -0.374 e. The fourth-order valence-corrected chi connectivity index (χ4v) is 5.23. The number of amides is 2. The number of nitrogens with zero attached hydrogens (tertiary/aromatic N) is 2. The van der Waals surface area contributed by atoms with Gasteiger partial charge in [-0.1, -0.05) is 35.5 Å². The summed E-state index contributed by atoms with van der Waals surface area (Å²) < 4.78 is 55.5. The van der Waals surface area contributed by atoms with E-state index < -0.39 is 46.9 Å². The van der Waals surface area contributed by atoms with Gasteiger partial charge in [0.05, 0.1) is 16.8 Å². The fourth-order valence-electron chi connectivity index (χ4n) is 4.71. The minimum absolute atomic E-state index is 0.0469. The topological polar surface area (TPSA) is 102 Å². The molecule has 3 aromatic rings. The van der Waals surface area contributed by atoms with Crippen LogP contribution in [0, 0.1) is 6.92 Å². The Balaban J connectivity index is 1.71. The lowest BCUT2D eigenvalue weighted by Gasteiger charge is -2.32. The van der Waals surface area contributed by atoms with Crippen LogP contribution in [0.3, 0.4) is 0 Å². The van der Waals surface area contributed by atoms with Gasteiger partial charge >= 0.3 is 6.18 Å². The molecule has 0 spiro atoms. The molecule has 0 saturated carbocycles. The third kappa shape index (κ3) is 5.25. The number of halogens is 3. The Bertz CT molecular complexity index is 1520. The first-order valence-corrected chi connectivity index (χ1v) is 13.9. The van der Waals surface area contributed by atoms with Crippen LogP contribution in [0.1, 0.15) is 57.7 Å². The molecule has 0 aromatic heterocycles. The molecule has 2 amide bonds. The first-order chi connectivity index (χ1) is 18.8. The van der Waals surface area contributed by atoms with E-state index in [0.29, 0.717) is 21.7 Å². The van der Waals surface area contributed by atoms with E-state index in [4.69, 9.17) is 10.6 Å². The normalized spacial score (nSPS) is 17.8. The van der Waals surface area contributed by atoms with Crippen molar-refractivity contribution in [2.24, 2.45) is 10.9 Å². The maximum atomic E-state index is 14.6. The van der Waals surface area contributed by atoms with Crippen LogP contribution in [0.15, 0.2) is 76.8 Å². The van der Waals surface area contributed by atoms with E-state index in [9.17, 15) is 27.0 Å². The van der Waals surface area contributed by atoms with Crippen molar-refractivity contribution in [2.75, 3.05) is 11.2 Å². The number of hydrogen-bond donors (Lipinski definition) is 1. The van der Waals surface area contributed by atoms with Gasteiger partial charge in [0.15, 0.2) is 0 Å². The van der Waals surface area contributed by atoms with Gasteiger partial charge in [0.2, 0.25) is 5.91 Å². The number of carbonyl (C=O) groups is 2. The van der Waals surface area contributed by atoms with Gasteiger partial charge in [-0.25, -0.2) is 0 Å². The number of aryl methyl sites for hydroxylation is 1. The molecule has 1 heterocycles. The highest BCUT2D eigenvalue weighted by Crippen LogP contribution is 2.49. The quantitative estimate of drug-likeness (QED) is 0.406.